The fraction of sp³-hybridized carbons (Fsp3) is 0.500. The molecule has 6 nitrogen and oxygen atoms in total. The van der Waals surface area contributed by atoms with Crippen molar-refractivity contribution >= 4 is 17.3 Å². The smallest absolute Gasteiger partial charge is 0.269 e. The van der Waals surface area contributed by atoms with Crippen LogP contribution in [0.4, 0.5) is 11.4 Å². The Bertz CT molecular complexity index is 469. The second kappa shape index (κ2) is 7.00. The summed E-state index contributed by atoms with van der Waals surface area (Å²) in [5, 5.41) is 10.7. The normalized spacial score (nSPS) is 10.9. The lowest BCUT2D eigenvalue weighted by Crippen LogP contribution is -2.39. The van der Waals surface area contributed by atoms with Crippen LogP contribution < -0.4 is 4.90 Å². The van der Waals surface area contributed by atoms with Crippen molar-refractivity contribution in [1.29, 1.82) is 0 Å². The van der Waals surface area contributed by atoms with E-state index in [2.05, 4.69) is 0 Å². The fourth-order valence-corrected chi connectivity index (χ4v) is 1.73. The van der Waals surface area contributed by atoms with Gasteiger partial charge in [0.1, 0.15) is 0 Å². The van der Waals surface area contributed by atoms with Crippen LogP contribution in [0.25, 0.3) is 0 Å². The van der Waals surface area contributed by atoms with Gasteiger partial charge in [-0.05, 0) is 26.2 Å². The zero-order chi connectivity index (χ0) is 15.3. The van der Waals surface area contributed by atoms with E-state index in [0.717, 1.165) is 6.54 Å². The number of benzene rings is 1. The maximum Gasteiger partial charge on any atom is 0.269 e. The van der Waals surface area contributed by atoms with E-state index in [0.29, 0.717) is 12.2 Å². The first-order chi connectivity index (χ1) is 9.32. The van der Waals surface area contributed by atoms with Crippen molar-refractivity contribution in [2.24, 2.45) is 5.92 Å². The summed E-state index contributed by atoms with van der Waals surface area (Å²) >= 11 is 0. The van der Waals surface area contributed by atoms with E-state index in [-0.39, 0.29) is 17.5 Å². The Morgan fingerprint density at radius 2 is 1.75 bits per heavy atom. The first-order valence-corrected chi connectivity index (χ1v) is 6.53. The lowest BCUT2D eigenvalue weighted by Gasteiger charge is -2.26. The average Bonchev–Trinajstić information content (AvgIpc) is 2.38. The summed E-state index contributed by atoms with van der Waals surface area (Å²) in [5.74, 6) is -0.104. The standard InChI is InChI=1S/C14H21N3O3/c1-11(2)14(18)16(10-9-15(3)4)12-5-7-13(8-6-12)17(19)20/h5-8,11H,9-10H2,1-4H3. The highest BCUT2D eigenvalue weighted by Gasteiger charge is 2.19. The molecule has 0 atom stereocenters. The summed E-state index contributed by atoms with van der Waals surface area (Å²) < 4.78 is 0. The van der Waals surface area contributed by atoms with E-state index in [1.54, 1.807) is 17.0 Å². The molecule has 0 aromatic heterocycles. The van der Waals surface area contributed by atoms with Crippen LogP contribution in [0.2, 0.25) is 0 Å². The predicted octanol–water partition coefficient (Wildman–Crippen LogP) is 2.15. The number of rotatable bonds is 6. The van der Waals surface area contributed by atoms with Gasteiger partial charge in [-0.1, -0.05) is 13.8 Å². The van der Waals surface area contributed by atoms with E-state index >= 15 is 0 Å². The molecule has 1 aromatic rings. The molecule has 0 heterocycles. The molecule has 0 saturated heterocycles. The number of nitrogens with zero attached hydrogens (tertiary/aromatic N) is 3. The first kappa shape index (κ1) is 16.1. The zero-order valence-corrected chi connectivity index (χ0v) is 12.4. The number of hydrogen-bond donors (Lipinski definition) is 0. The fourth-order valence-electron chi connectivity index (χ4n) is 1.73. The van der Waals surface area contributed by atoms with Gasteiger partial charge in [-0.25, -0.2) is 0 Å². The second-order valence-electron chi connectivity index (χ2n) is 5.22. The van der Waals surface area contributed by atoms with Crippen LogP contribution in [-0.4, -0.2) is 42.9 Å². The van der Waals surface area contributed by atoms with Gasteiger partial charge >= 0.3 is 0 Å². The van der Waals surface area contributed by atoms with Gasteiger partial charge < -0.3 is 9.80 Å². The monoisotopic (exact) mass is 279 g/mol. The molecule has 0 aliphatic rings. The number of nitro benzene ring substituents is 1. The molecule has 110 valence electrons. The van der Waals surface area contributed by atoms with Gasteiger partial charge in [0.05, 0.1) is 4.92 Å². The summed E-state index contributed by atoms with van der Waals surface area (Å²) in [4.78, 5) is 26.1. The van der Waals surface area contributed by atoms with Crippen LogP contribution >= 0.6 is 0 Å². The van der Waals surface area contributed by atoms with Crippen LogP contribution in [0.1, 0.15) is 13.8 Å². The molecule has 0 unspecified atom stereocenters. The van der Waals surface area contributed by atoms with E-state index < -0.39 is 4.92 Å². The van der Waals surface area contributed by atoms with Crippen LogP contribution in [-0.2, 0) is 4.79 Å². The van der Waals surface area contributed by atoms with E-state index in [1.165, 1.54) is 12.1 Å². The summed E-state index contributed by atoms with van der Waals surface area (Å²) in [6.45, 7) is 4.98. The molecule has 0 radical (unpaired) electrons. The van der Waals surface area contributed by atoms with Crippen molar-refractivity contribution in [1.82, 2.24) is 4.90 Å². The van der Waals surface area contributed by atoms with E-state index in [4.69, 9.17) is 0 Å². The van der Waals surface area contributed by atoms with Crippen molar-refractivity contribution in [3.05, 3.63) is 34.4 Å². The van der Waals surface area contributed by atoms with Gasteiger partial charge in [-0.15, -0.1) is 0 Å². The van der Waals surface area contributed by atoms with Gasteiger partial charge in [-0.2, -0.15) is 0 Å². The zero-order valence-electron chi connectivity index (χ0n) is 12.4. The number of carbonyl (C=O) groups is 1. The number of hydrogen-bond acceptors (Lipinski definition) is 4. The highest BCUT2D eigenvalue weighted by Crippen LogP contribution is 2.21. The topological polar surface area (TPSA) is 66.7 Å². The molecule has 0 aliphatic heterocycles. The maximum absolute atomic E-state index is 12.2. The number of carbonyl (C=O) groups excluding carboxylic acids is 1. The average molecular weight is 279 g/mol. The Morgan fingerprint density at radius 1 is 1.20 bits per heavy atom. The number of anilines is 1. The summed E-state index contributed by atoms with van der Waals surface area (Å²) in [6, 6.07) is 6.08. The number of amides is 1. The molecule has 0 aliphatic carbocycles. The maximum atomic E-state index is 12.2. The molecule has 20 heavy (non-hydrogen) atoms. The highest BCUT2D eigenvalue weighted by atomic mass is 16.6. The molecule has 1 rings (SSSR count). The van der Waals surface area contributed by atoms with Crippen LogP contribution in [0.15, 0.2) is 24.3 Å². The molecule has 0 bridgehead atoms. The third-order valence-electron chi connectivity index (χ3n) is 2.90. The molecule has 0 N–H and O–H groups in total. The van der Waals surface area contributed by atoms with Crippen LogP contribution in [0.5, 0.6) is 0 Å². The lowest BCUT2D eigenvalue weighted by atomic mass is 10.1. The van der Waals surface area contributed by atoms with Crippen molar-refractivity contribution < 1.29 is 9.72 Å². The van der Waals surface area contributed by atoms with Crippen molar-refractivity contribution in [2.45, 2.75) is 13.8 Å². The summed E-state index contributed by atoms with van der Waals surface area (Å²) in [5.41, 5.74) is 0.717. The summed E-state index contributed by atoms with van der Waals surface area (Å²) in [7, 11) is 3.88. The Hall–Kier alpha value is -1.95. The molecule has 0 saturated carbocycles. The van der Waals surface area contributed by atoms with Gasteiger partial charge in [0.15, 0.2) is 0 Å². The van der Waals surface area contributed by atoms with Crippen molar-refractivity contribution in [3.8, 4) is 0 Å². The minimum absolute atomic E-state index is 0.0145. The minimum atomic E-state index is -0.446. The predicted molar refractivity (Wildman–Crippen MR) is 78.8 cm³/mol. The molecule has 1 aromatic carbocycles. The minimum Gasteiger partial charge on any atom is -0.311 e. The SMILES string of the molecule is CC(C)C(=O)N(CCN(C)C)c1ccc([N+](=O)[O-])cc1. The van der Waals surface area contributed by atoms with Crippen LogP contribution in [0.3, 0.4) is 0 Å². The number of non-ortho nitro benzene ring substituents is 1. The third-order valence-corrected chi connectivity index (χ3v) is 2.90. The molecule has 0 spiro atoms. The Labute approximate surface area is 119 Å². The van der Waals surface area contributed by atoms with Gasteiger partial charge in [-0.3, -0.25) is 14.9 Å². The Kier molecular flexibility index (Phi) is 5.64. The van der Waals surface area contributed by atoms with E-state index in [9.17, 15) is 14.9 Å². The third kappa shape index (κ3) is 4.31. The second-order valence-corrected chi connectivity index (χ2v) is 5.22. The largest absolute Gasteiger partial charge is 0.311 e. The van der Waals surface area contributed by atoms with Gasteiger partial charge in [0, 0.05) is 36.8 Å². The molecule has 1 amide bonds. The molecular weight excluding hydrogens is 258 g/mol. The lowest BCUT2D eigenvalue weighted by molar-refractivity contribution is -0.384. The van der Waals surface area contributed by atoms with Crippen molar-refractivity contribution in [3.63, 3.8) is 0 Å². The molecule has 6 heteroatoms. The molecule has 0 fully saturated rings. The van der Waals surface area contributed by atoms with E-state index in [1.807, 2.05) is 32.8 Å². The van der Waals surface area contributed by atoms with Crippen LogP contribution in [0, 0.1) is 16.0 Å². The first-order valence-electron chi connectivity index (χ1n) is 6.53. The highest BCUT2D eigenvalue weighted by molar-refractivity contribution is 5.94. The van der Waals surface area contributed by atoms with Gasteiger partial charge in [0.25, 0.3) is 5.69 Å². The summed E-state index contributed by atoms with van der Waals surface area (Å²) in [6.07, 6.45) is 0. The van der Waals surface area contributed by atoms with Gasteiger partial charge in [0.2, 0.25) is 5.91 Å². The number of nitro groups is 1. The Morgan fingerprint density at radius 3 is 2.15 bits per heavy atom. The number of likely N-dealkylation sites (N-methyl/N-ethyl adjacent to an activating group) is 1. The van der Waals surface area contributed by atoms with Crippen molar-refractivity contribution in [2.75, 3.05) is 32.1 Å². The Balaban J connectivity index is 2.97. The molecular formula is C14H21N3O3. The quantitative estimate of drug-likeness (QED) is 0.591.